The van der Waals surface area contributed by atoms with Crippen LogP contribution in [0.25, 0.3) is 0 Å². The molecule has 4 rings (SSSR count). The molecule has 8 nitrogen and oxygen atoms in total. The van der Waals surface area contributed by atoms with Gasteiger partial charge in [0.2, 0.25) is 0 Å². The fourth-order valence-corrected chi connectivity index (χ4v) is 4.06. The van der Waals surface area contributed by atoms with Gasteiger partial charge in [0.1, 0.15) is 5.71 Å². The molecule has 0 spiro atoms. The summed E-state index contributed by atoms with van der Waals surface area (Å²) in [7, 11) is 3.08. The first-order valence-electron chi connectivity index (χ1n) is 11.3. The molecule has 1 aliphatic rings. The van der Waals surface area contributed by atoms with Crippen molar-refractivity contribution in [3.05, 3.63) is 92.4 Å². The summed E-state index contributed by atoms with van der Waals surface area (Å²) < 4.78 is 20.2. The number of rotatable bonds is 7. The Kier molecular flexibility index (Phi) is 6.95. The Labute approximate surface area is 202 Å². The minimum Gasteiger partial charge on any atom is -0.494 e. The van der Waals surface area contributed by atoms with Crippen molar-refractivity contribution >= 4 is 11.6 Å². The molecular formula is C26H27FN4O4. The van der Waals surface area contributed by atoms with Crippen LogP contribution in [-0.4, -0.2) is 28.3 Å². The molecule has 1 amide bonds. The van der Waals surface area contributed by atoms with E-state index in [0.717, 1.165) is 16.8 Å². The number of nitrogens with zero attached hydrogens (tertiary/aromatic N) is 3. The van der Waals surface area contributed by atoms with Gasteiger partial charge in [0.15, 0.2) is 17.7 Å². The number of oxime groups is 1. The highest BCUT2D eigenvalue weighted by atomic mass is 19.1. The Hall–Kier alpha value is -4.01. The van der Waals surface area contributed by atoms with Gasteiger partial charge in [-0.2, -0.15) is 0 Å². The van der Waals surface area contributed by atoms with Crippen LogP contribution in [0.1, 0.15) is 57.9 Å². The molecule has 0 saturated heterocycles. The number of amides is 1. The van der Waals surface area contributed by atoms with Gasteiger partial charge in [-0.1, -0.05) is 18.1 Å². The average molecular weight is 479 g/mol. The van der Waals surface area contributed by atoms with Crippen molar-refractivity contribution in [1.82, 2.24) is 14.9 Å². The molecule has 35 heavy (non-hydrogen) atoms. The average Bonchev–Trinajstić information content (AvgIpc) is 3.35. The van der Waals surface area contributed by atoms with Gasteiger partial charge in [-0.25, -0.2) is 4.39 Å². The predicted octanol–water partition coefficient (Wildman–Crippen LogP) is 3.59. The lowest BCUT2D eigenvalue weighted by Crippen LogP contribution is -2.25. The molecule has 0 bridgehead atoms. The zero-order valence-electron chi connectivity index (χ0n) is 20.1. The third-order valence-corrected chi connectivity index (χ3v) is 6.06. The topological polar surface area (TPSA) is 94.8 Å². The monoisotopic (exact) mass is 478 g/mol. The summed E-state index contributed by atoms with van der Waals surface area (Å²) in [5, 5.41) is 7.10. The number of hydrogen-bond donors (Lipinski definition) is 1. The molecule has 9 heteroatoms. The first kappa shape index (κ1) is 24.1. The maximum atomic E-state index is 13.7. The number of methoxy groups -OCH3 is 1. The Bertz CT molecular complexity index is 1370. The van der Waals surface area contributed by atoms with Crippen molar-refractivity contribution in [2.45, 2.75) is 39.3 Å². The van der Waals surface area contributed by atoms with Crippen LogP contribution in [0.3, 0.4) is 0 Å². The van der Waals surface area contributed by atoms with E-state index in [2.05, 4.69) is 15.5 Å². The molecule has 1 N–H and O–H groups in total. The summed E-state index contributed by atoms with van der Waals surface area (Å²) in [6.45, 7) is 4.04. The number of pyridine rings is 2. The quantitative estimate of drug-likeness (QED) is 0.560. The van der Waals surface area contributed by atoms with Crippen LogP contribution in [-0.2, 0) is 24.9 Å². The van der Waals surface area contributed by atoms with Crippen LogP contribution in [0.4, 0.5) is 4.39 Å². The summed E-state index contributed by atoms with van der Waals surface area (Å²) in [4.78, 5) is 35.4. The SMILES string of the molecule is CCc1c(C(=O)NCc2ccc(F)c(OC)c2)cc(C2=NOC(c3ccn(C)c(=O)c3)C2)nc1C. The molecule has 0 aliphatic carbocycles. The van der Waals surface area contributed by atoms with E-state index in [1.54, 1.807) is 31.4 Å². The molecule has 182 valence electrons. The van der Waals surface area contributed by atoms with Gasteiger partial charge in [0.05, 0.1) is 12.8 Å². The number of nitrogens with one attached hydrogen (secondary N) is 1. The zero-order chi connectivity index (χ0) is 25.1. The maximum Gasteiger partial charge on any atom is 0.251 e. The Morgan fingerprint density at radius 3 is 2.80 bits per heavy atom. The number of carbonyl (C=O) groups excluding carboxylic acids is 1. The van der Waals surface area contributed by atoms with Crippen LogP contribution in [0.5, 0.6) is 5.75 Å². The molecule has 1 aliphatic heterocycles. The molecule has 0 saturated carbocycles. The van der Waals surface area contributed by atoms with Crippen molar-refractivity contribution in [3.8, 4) is 5.75 Å². The summed E-state index contributed by atoms with van der Waals surface area (Å²) in [6.07, 6.45) is 2.36. The Morgan fingerprint density at radius 1 is 1.29 bits per heavy atom. The van der Waals surface area contributed by atoms with E-state index in [1.807, 2.05) is 19.9 Å². The summed E-state index contributed by atoms with van der Waals surface area (Å²) in [5.41, 5.74) is 4.57. The van der Waals surface area contributed by atoms with Crippen molar-refractivity contribution < 1.29 is 18.8 Å². The van der Waals surface area contributed by atoms with Gasteiger partial charge in [0.25, 0.3) is 11.5 Å². The highest BCUT2D eigenvalue weighted by Crippen LogP contribution is 2.29. The van der Waals surface area contributed by atoms with Gasteiger partial charge < -0.3 is 19.5 Å². The zero-order valence-corrected chi connectivity index (χ0v) is 20.1. The van der Waals surface area contributed by atoms with Gasteiger partial charge in [-0.3, -0.25) is 14.6 Å². The van der Waals surface area contributed by atoms with Crippen molar-refractivity contribution in [2.75, 3.05) is 7.11 Å². The van der Waals surface area contributed by atoms with Crippen LogP contribution in [0.2, 0.25) is 0 Å². The lowest BCUT2D eigenvalue weighted by molar-refractivity contribution is 0.0855. The van der Waals surface area contributed by atoms with Crippen LogP contribution < -0.4 is 15.6 Å². The maximum absolute atomic E-state index is 13.7. The number of benzene rings is 1. The molecule has 0 fully saturated rings. The van der Waals surface area contributed by atoms with E-state index in [0.29, 0.717) is 35.4 Å². The van der Waals surface area contributed by atoms with E-state index in [-0.39, 0.29) is 23.8 Å². The Morgan fingerprint density at radius 2 is 2.09 bits per heavy atom. The van der Waals surface area contributed by atoms with E-state index >= 15 is 0 Å². The van der Waals surface area contributed by atoms with E-state index in [9.17, 15) is 14.0 Å². The molecule has 1 unspecified atom stereocenters. The molecule has 0 radical (unpaired) electrons. The van der Waals surface area contributed by atoms with Gasteiger partial charge >= 0.3 is 0 Å². The van der Waals surface area contributed by atoms with Crippen LogP contribution >= 0.6 is 0 Å². The van der Waals surface area contributed by atoms with Crippen molar-refractivity contribution in [3.63, 3.8) is 0 Å². The first-order valence-corrected chi connectivity index (χ1v) is 11.3. The molecule has 1 aromatic carbocycles. The lowest BCUT2D eigenvalue weighted by Gasteiger charge is -2.14. The summed E-state index contributed by atoms with van der Waals surface area (Å²) in [5.74, 6) is -0.600. The van der Waals surface area contributed by atoms with Crippen molar-refractivity contribution in [2.24, 2.45) is 12.2 Å². The molecule has 3 heterocycles. The lowest BCUT2D eigenvalue weighted by atomic mass is 9.98. The van der Waals surface area contributed by atoms with E-state index < -0.39 is 11.9 Å². The number of aryl methyl sites for hydroxylation is 2. The smallest absolute Gasteiger partial charge is 0.251 e. The van der Waals surface area contributed by atoms with Gasteiger partial charge in [0, 0.05) is 49.1 Å². The molecule has 3 aromatic rings. The normalized spacial score (nSPS) is 14.9. The second-order valence-corrected chi connectivity index (χ2v) is 8.37. The minimum absolute atomic E-state index is 0.123. The largest absolute Gasteiger partial charge is 0.494 e. The third-order valence-electron chi connectivity index (χ3n) is 6.06. The van der Waals surface area contributed by atoms with Gasteiger partial charge in [-0.15, -0.1) is 0 Å². The summed E-state index contributed by atoms with van der Waals surface area (Å²) >= 11 is 0. The second-order valence-electron chi connectivity index (χ2n) is 8.37. The van der Waals surface area contributed by atoms with Crippen molar-refractivity contribution in [1.29, 1.82) is 0 Å². The number of aromatic nitrogens is 2. The molecular weight excluding hydrogens is 451 g/mol. The second kappa shape index (κ2) is 10.1. The number of halogens is 1. The number of hydrogen-bond acceptors (Lipinski definition) is 6. The standard InChI is InChI=1S/C26H27FN4O4/c1-5-18-15(2)29-21(22-13-23(35-30-22)17-8-9-31(3)25(32)11-17)12-19(18)26(33)28-14-16-6-7-20(27)24(10-16)34-4/h6-12,23H,5,13-14H2,1-4H3,(H,28,33). The van der Waals surface area contributed by atoms with Crippen LogP contribution in [0, 0.1) is 12.7 Å². The number of carbonyl (C=O) groups is 1. The highest BCUT2D eigenvalue weighted by molar-refractivity contribution is 6.03. The van der Waals surface area contributed by atoms with Crippen LogP contribution in [0.15, 0.2) is 52.5 Å². The van der Waals surface area contributed by atoms with E-state index in [1.165, 1.54) is 23.8 Å². The summed E-state index contributed by atoms with van der Waals surface area (Å²) in [6, 6.07) is 9.55. The highest BCUT2D eigenvalue weighted by Gasteiger charge is 2.27. The fraction of sp³-hybridized carbons (Fsp3) is 0.308. The Balaban J connectivity index is 1.54. The predicted molar refractivity (Wildman–Crippen MR) is 129 cm³/mol. The molecule has 1 atom stereocenters. The van der Waals surface area contributed by atoms with E-state index in [4.69, 9.17) is 9.57 Å². The fourth-order valence-electron chi connectivity index (χ4n) is 4.06. The number of ether oxygens (including phenoxy) is 1. The first-order chi connectivity index (χ1) is 16.8. The third kappa shape index (κ3) is 5.08. The van der Waals surface area contributed by atoms with Gasteiger partial charge in [-0.05, 0) is 48.7 Å². The minimum atomic E-state index is -0.459. The molecule has 2 aromatic heterocycles.